The molecule has 1 unspecified atom stereocenters. The number of ketones is 1. The van der Waals surface area contributed by atoms with Gasteiger partial charge >= 0.3 is 5.97 Å². The summed E-state index contributed by atoms with van der Waals surface area (Å²) in [6, 6.07) is 4.46. The molecular formula is C18H15BrN4O8S. The molecule has 2 amide bonds. The highest BCUT2D eigenvalue weighted by Crippen LogP contribution is 2.37. The second-order valence-corrected chi connectivity index (χ2v) is 8.19. The number of hydrogen-bond donors (Lipinski definition) is 2. The maximum Gasteiger partial charge on any atom is 0.355 e. The van der Waals surface area contributed by atoms with Gasteiger partial charge in [-0.2, -0.15) is 0 Å². The van der Waals surface area contributed by atoms with Gasteiger partial charge in [0.25, 0.3) is 17.5 Å². The molecule has 2 aliphatic rings. The number of non-ortho nitro benzene ring substituents is 1. The van der Waals surface area contributed by atoms with Crippen LogP contribution in [0.15, 0.2) is 41.2 Å². The number of nitro groups is 1. The molecule has 2 aliphatic heterocycles. The van der Waals surface area contributed by atoms with E-state index in [0.29, 0.717) is 11.3 Å². The van der Waals surface area contributed by atoms with Gasteiger partial charge in [0.1, 0.15) is 23.7 Å². The number of rotatable bonds is 8. The van der Waals surface area contributed by atoms with Gasteiger partial charge < -0.3 is 15.3 Å². The molecule has 1 saturated heterocycles. The average molecular weight is 527 g/mol. The molecule has 0 aliphatic carbocycles. The molecule has 3 rings (SSSR count). The minimum atomic E-state index is -1.02. The van der Waals surface area contributed by atoms with Crippen molar-refractivity contribution in [1.82, 2.24) is 10.2 Å². The Kier molecular flexibility index (Phi) is 7.25. The molecule has 14 heteroatoms. The SMILES string of the molecule is O=C(CBr)C(=NO)C(=O)NC1C(=O)N2C(C(=O)OCc3ccc([N+](=O)[O-])cc3)=CCS[C@@H]12. The molecule has 0 saturated carbocycles. The van der Waals surface area contributed by atoms with Crippen molar-refractivity contribution in [3.8, 4) is 0 Å². The van der Waals surface area contributed by atoms with Crippen LogP contribution in [0.3, 0.4) is 0 Å². The number of carbonyl (C=O) groups excluding carboxylic acids is 4. The zero-order chi connectivity index (χ0) is 23.4. The first-order valence-corrected chi connectivity index (χ1v) is 11.1. The lowest BCUT2D eigenvalue weighted by Crippen LogP contribution is -2.70. The van der Waals surface area contributed by atoms with Crippen LogP contribution in [0.1, 0.15) is 5.56 Å². The second-order valence-electron chi connectivity index (χ2n) is 6.48. The number of Topliss-reactive ketones (excluding diaryl/α,β-unsaturated/α-hetero) is 1. The van der Waals surface area contributed by atoms with Crippen LogP contribution >= 0.6 is 27.7 Å². The van der Waals surface area contributed by atoms with Gasteiger partial charge in [-0.1, -0.05) is 21.1 Å². The molecule has 32 heavy (non-hydrogen) atoms. The van der Waals surface area contributed by atoms with Gasteiger partial charge in [-0.15, -0.1) is 11.8 Å². The van der Waals surface area contributed by atoms with E-state index >= 15 is 0 Å². The number of amides is 2. The van der Waals surface area contributed by atoms with Gasteiger partial charge in [-0.3, -0.25) is 29.4 Å². The summed E-state index contributed by atoms with van der Waals surface area (Å²) < 4.78 is 5.22. The lowest BCUT2D eigenvalue weighted by atomic mass is 10.0. The monoisotopic (exact) mass is 526 g/mol. The first-order valence-electron chi connectivity index (χ1n) is 8.95. The van der Waals surface area contributed by atoms with Crippen molar-refractivity contribution in [2.45, 2.75) is 18.0 Å². The number of alkyl halides is 1. The average Bonchev–Trinajstić information content (AvgIpc) is 2.80. The van der Waals surface area contributed by atoms with E-state index in [0.717, 1.165) is 0 Å². The fourth-order valence-electron chi connectivity index (χ4n) is 2.97. The Morgan fingerprint density at radius 3 is 2.62 bits per heavy atom. The molecule has 2 N–H and O–H groups in total. The zero-order valence-electron chi connectivity index (χ0n) is 16.1. The Bertz CT molecular complexity index is 1040. The predicted molar refractivity (Wildman–Crippen MR) is 114 cm³/mol. The van der Waals surface area contributed by atoms with Crippen molar-refractivity contribution in [3.63, 3.8) is 0 Å². The van der Waals surface area contributed by atoms with Crippen molar-refractivity contribution in [2.75, 3.05) is 11.1 Å². The topological polar surface area (TPSA) is 169 Å². The van der Waals surface area contributed by atoms with Gasteiger partial charge in [-0.05, 0) is 23.8 Å². The summed E-state index contributed by atoms with van der Waals surface area (Å²) in [6.45, 7) is -0.154. The van der Waals surface area contributed by atoms with Crippen LogP contribution in [-0.4, -0.2) is 66.8 Å². The Morgan fingerprint density at radius 1 is 1.34 bits per heavy atom. The van der Waals surface area contributed by atoms with Crippen LogP contribution in [0.4, 0.5) is 5.69 Å². The molecule has 1 aromatic carbocycles. The van der Waals surface area contributed by atoms with E-state index in [1.54, 1.807) is 0 Å². The summed E-state index contributed by atoms with van der Waals surface area (Å²) in [4.78, 5) is 60.2. The zero-order valence-corrected chi connectivity index (χ0v) is 18.5. The number of ether oxygens (including phenoxy) is 1. The predicted octanol–water partition coefficient (Wildman–Crippen LogP) is 0.716. The van der Waals surface area contributed by atoms with Crippen LogP contribution in [0.2, 0.25) is 0 Å². The van der Waals surface area contributed by atoms with Crippen LogP contribution in [-0.2, 0) is 30.5 Å². The first-order chi connectivity index (χ1) is 15.3. The van der Waals surface area contributed by atoms with Crippen LogP contribution in [0.5, 0.6) is 0 Å². The molecule has 0 spiro atoms. The molecule has 0 radical (unpaired) electrons. The summed E-state index contributed by atoms with van der Waals surface area (Å²) in [5.74, 6) is -2.76. The molecule has 2 heterocycles. The van der Waals surface area contributed by atoms with E-state index in [-0.39, 0.29) is 23.3 Å². The maximum atomic E-state index is 12.6. The Labute approximate surface area is 192 Å². The molecule has 2 atom stereocenters. The van der Waals surface area contributed by atoms with Crippen LogP contribution < -0.4 is 5.32 Å². The van der Waals surface area contributed by atoms with E-state index in [2.05, 4.69) is 26.4 Å². The van der Waals surface area contributed by atoms with Gasteiger partial charge in [0.15, 0.2) is 0 Å². The Balaban J connectivity index is 1.61. The lowest BCUT2D eigenvalue weighted by molar-refractivity contribution is -0.384. The quantitative estimate of drug-likeness (QED) is 0.0723. The van der Waals surface area contributed by atoms with Crippen molar-refractivity contribution in [3.05, 3.63) is 51.7 Å². The summed E-state index contributed by atoms with van der Waals surface area (Å²) in [6.07, 6.45) is 1.52. The molecule has 0 bridgehead atoms. The first kappa shape index (κ1) is 23.4. The van der Waals surface area contributed by atoms with Crippen molar-refractivity contribution >= 4 is 62.7 Å². The van der Waals surface area contributed by atoms with Gasteiger partial charge in [-0.25, -0.2) is 4.79 Å². The number of esters is 1. The summed E-state index contributed by atoms with van der Waals surface area (Å²) >= 11 is 4.15. The van der Waals surface area contributed by atoms with Crippen molar-refractivity contribution in [2.24, 2.45) is 5.16 Å². The lowest BCUT2D eigenvalue weighted by Gasteiger charge is -2.48. The third kappa shape index (κ3) is 4.65. The molecular weight excluding hydrogens is 512 g/mol. The number of carbonyl (C=O) groups is 4. The number of nitrogens with one attached hydrogen (secondary N) is 1. The number of oxime groups is 1. The number of hydrogen-bond acceptors (Lipinski definition) is 10. The molecule has 0 aromatic heterocycles. The van der Waals surface area contributed by atoms with Crippen molar-refractivity contribution in [1.29, 1.82) is 0 Å². The van der Waals surface area contributed by atoms with Crippen LogP contribution in [0.25, 0.3) is 0 Å². The second kappa shape index (κ2) is 9.91. The Hall–Kier alpha value is -3.26. The highest BCUT2D eigenvalue weighted by atomic mass is 79.9. The van der Waals surface area contributed by atoms with Gasteiger partial charge in [0, 0.05) is 17.9 Å². The fourth-order valence-corrected chi connectivity index (χ4v) is 4.43. The van der Waals surface area contributed by atoms with E-state index in [1.165, 1.54) is 47.0 Å². The largest absolute Gasteiger partial charge is 0.456 e. The number of benzene rings is 1. The molecule has 12 nitrogen and oxygen atoms in total. The number of nitrogens with zero attached hydrogens (tertiary/aromatic N) is 3. The smallest absolute Gasteiger partial charge is 0.355 e. The number of thioether (sulfide) groups is 1. The highest BCUT2D eigenvalue weighted by molar-refractivity contribution is 9.09. The third-order valence-electron chi connectivity index (χ3n) is 4.56. The molecule has 168 valence electrons. The van der Waals surface area contributed by atoms with E-state index in [9.17, 15) is 29.3 Å². The summed E-state index contributed by atoms with van der Waals surface area (Å²) in [7, 11) is 0. The van der Waals surface area contributed by atoms with Gasteiger partial charge in [0.05, 0.1) is 10.3 Å². The Morgan fingerprint density at radius 2 is 2.03 bits per heavy atom. The number of β-lactam (4-membered cyclic amide) rings is 1. The van der Waals surface area contributed by atoms with Gasteiger partial charge in [0.2, 0.25) is 11.5 Å². The van der Waals surface area contributed by atoms with E-state index in [4.69, 9.17) is 9.94 Å². The van der Waals surface area contributed by atoms with E-state index < -0.39 is 45.6 Å². The minimum Gasteiger partial charge on any atom is -0.456 e. The summed E-state index contributed by atoms with van der Waals surface area (Å²) in [5, 5.41) is 23.8. The van der Waals surface area contributed by atoms with Crippen molar-refractivity contribution < 1.29 is 34.0 Å². The normalized spacial score (nSPS) is 19.9. The van der Waals surface area contributed by atoms with E-state index in [1.807, 2.05) is 0 Å². The third-order valence-corrected chi connectivity index (χ3v) is 6.25. The molecule has 1 aromatic rings. The number of nitro benzene ring substituents is 1. The van der Waals surface area contributed by atoms with Crippen LogP contribution in [0, 0.1) is 10.1 Å². The standard InChI is InChI=1S/C18H15BrN4O8S/c19-7-12(24)13(21-28)15(25)20-14-16(26)22-11(5-6-32-17(14)22)18(27)31-8-9-1-3-10(4-2-9)23(29)30/h1-5,14,17,28H,6-8H2,(H,20,25)/t14?,17-/m0/s1. The number of halogens is 1. The number of fused-ring (bicyclic) bond motifs is 1. The summed E-state index contributed by atoms with van der Waals surface area (Å²) in [5.41, 5.74) is -0.300. The maximum absolute atomic E-state index is 12.6. The highest BCUT2D eigenvalue weighted by Gasteiger charge is 2.53. The molecule has 1 fully saturated rings. The fraction of sp³-hybridized carbons (Fsp3) is 0.278. The minimum absolute atomic E-state index is 0.0127.